The number of rotatable bonds is 1. The second-order valence-electron chi connectivity index (χ2n) is 4.42. The Hall–Kier alpha value is -0.770. The fourth-order valence-electron chi connectivity index (χ4n) is 2.55. The molecule has 2 saturated heterocycles. The summed E-state index contributed by atoms with van der Waals surface area (Å²) in [7, 11) is 0. The maximum absolute atomic E-state index is 12.2. The van der Waals surface area contributed by atoms with Crippen LogP contribution in [0.5, 0.6) is 0 Å². The van der Waals surface area contributed by atoms with Crippen molar-refractivity contribution in [3.63, 3.8) is 0 Å². The van der Waals surface area contributed by atoms with E-state index >= 15 is 0 Å². The average molecular weight is 211 g/mol. The number of nitrogens with zero attached hydrogens (tertiary/aromatic N) is 2. The van der Waals surface area contributed by atoms with Crippen molar-refractivity contribution in [3.05, 3.63) is 0 Å². The number of hydrogen-bond donors (Lipinski definition) is 1. The van der Waals surface area contributed by atoms with Gasteiger partial charge in [0.2, 0.25) is 0 Å². The molecular weight excluding hydrogens is 190 g/mol. The average Bonchev–Trinajstić information content (AvgIpc) is 2.77. The monoisotopic (exact) mass is 211 g/mol. The molecule has 0 aliphatic carbocycles. The molecule has 4 heteroatoms. The Bertz CT molecular complexity index is 226. The Labute approximate surface area is 91.6 Å². The molecule has 0 unspecified atom stereocenters. The first-order valence-electron chi connectivity index (χ1n) is 6.09. The molecule has 2 rings (SSSR count). The Morgan fingerprint density at radius 1 is 1.33 bits per heavy atom. The van der Waals surface area contributed by atoms with Crippen LogP contribution in [0.4, 0.5) is 4.79 Å². The molecule has 0 spiro atoms. The summed E-state index contributed by atoms with van der Waals surface area (Å²) in [5.74, 6) is 0. The van der Waals surface area contributed by atoms with E-state index in [0.29, 0.717) is 6.04 Å². The van der Waals surface area contributed by atoms with Gasteiger partial charge in [0.1, 0.15) is 0 Å². The smallest absolute Gasteiger partial charge is 0.320 e. The maximum atomic E-state index is 12.2. The van der Waals surface area contributed by atoms with Gasteiger partial charge in [0.15, 0.2) is 0 Å². The largest absolute Gasteiger partial charge is 0.322 e. The van der Waals surface area contributed by atoms with Crippen molar-refractivity contribution in [2.24, 2.45) is 0 Å². The Kier molecular flexibility index (Phi) is 3.46. The van der Waals surface area contributed by atoms with Crippen LogP contribution >= 0.6 is 0 Å². The third-order valence-corrected chi connectivity index (χ3v) is 3.48. The molecule has 0 aromatic heterocycles. The zero-order chi connectivity index (χ0) is 10.7. The molecule has 1 atom stereocenters. The lowest BCUT2D eigenvalue weighted by atomic mass is 10.2. The summed E-state index contributed by atoms with van der Waals surface area (Å²) in [4.78, 5) is 16.3. The topological polar surface area (TPSA) is 35.6 Å². The predicted octanol–water partition coefficient (Wildman–Crippen LogP) is 0.886. The van der Waals surface area contributed by atoms with E-state index in [0.717, 1.165) is 39.1 Å². The van der Waals surface area contributed by atoms with E-state index in [1.807, 2.05) is 4.90 Å². The number of nitrogens with one attached hydrogen (secondary N) is 1. The van der Waals surface area contributed by atoms with Crippen LogP contribution in [0, 0.1) is 0 Å². The minimum atomic E-state index is 0.265. The minimum Gasteiger partial charge on any atom is -0.322 e. The van der Waals surface area contributed by atoms with Gasteiger partial charge in [-0.25, -0.2) is 4.79 Å². The van der Waals surface area contributed by atoms with Gasteiger partial charge in [0.25, 0.3) is 0 Å². The van der Waals surface area contributed by atoms with Gasteiger partial charge in [-0.2, -0.15) is 0 Å². The SMILES string of the molecule is CC[C@H]1CCCN1C(=O)N1CCNCC1. The number of carbonyl (C=O) groups excluding carboxylic acids is 1. The van der Waals surface area contributed by atoms with Crippen LogP contribution < -0.4 is 5.32 Å². The molecule has 0 bridgehead atoms. The number of carbonyl (C=O) groups is 1. The molecule has 2 heterocycles. The van der Waals surface area contributed by atoms with Crippen molar-refractivity contribution in [1.82, 2.24) is 15.1 Å². The van der Waals surface area contributed by atoms with Crippen LogP contribution in [-0.4, -0.2) is 54.6 Å². The molecule has 0 aromatic rings. The molecule has 4 nitrogen and oxygen atoms in total. The zero-order valence-corrected chi connectivity index (χ0v) is 9.54. The van der Waals surface area contributed by atoms with Crippen molar-refractivity contribution in [2.75, 3.05) is 32.7 Å². The van der Waals surface area contributed by atoms with E-state index < -0.39 is 0 Å². The number of hydrogen-bond acceptors (Lipinski definition) is 2. The molecule has 0 saturated carbocycles. The summed E-state index contributed by atoms with van der Waals surface area (Å²) in [6.45, 7) is 6.75. The van der Waals surface area contributed by atoms with E-state index in [9.17, 15) is 4.79 Å². The molecule has 0 radical (unpaired) electrons. The normalized spacial score (nSPS) is 27.1. The van der Waals surface area contributed by atoms with E-state index in [4.69, 9.17) is 0 Å². The first-order chi connectivity index (χ1) is 7.33. The Morgan fingerprint density at radius 2 is 2.07 bits per heavy atom. The predicted molar refractivity (Wildman–Crippen MR) is 59.9 cm³/mol. The first kappa shape index (κ1) is 10.7. The second-order valence-corrected chi connectivity index (χ2v) is 4.42. The fourth-order valence-corrected chi connectivity index (χ4v) is 2.55. The van der Waals surface area contributed by atoms with Gasteiger partial charge in [-0.05, 0) is 19.3 Å². The highest BCUT2D eigenvalue weighted by molar-refractivity contribution is 5.75. The van der Waals surface area contributed by atoms with Gasteiger partial charge in [0.05, 0.1) is 0 Å². The van der Waals surface area contributed by atoms with Crippen molar-refractivity contribution < 1.29 is 4.79 Å². The van der Waals surface area contributed by atoms with Crippen molar-refractivity contribution in [1.29, 1.82) is 0 Å². The van der Waals surface area contributed by atoms with Gasteiger partial charge in [-0.15, -0.1) is 0 Å². The van der Waals surface area contributed by atoms with Crippen LogP contribution in [0.3, 0.4) is 0 Å². The second kappa shape index (κ2) is 4.84. The van der Waals surface area contributed by atoms with Crippen molar-refractivity contribution in [2.45, 2.75) is 32.2 Å². The molecule has 2 aliphatic rings. The highest BCUT2D eigenvalue weighted by Crippen LogP contribution is 2.21. The fraction of sp³-hybridized carbons (Fsp3) is 0.909. The van der Waals surface area contributed by atoms with Gasteiger partial charge in [-0.3, -0.25) is 0 Å². The molecule has 1 N–H and O–H groups in total. The van der Waals surface area contributed by atoms with Crippen LogP contribution in [0.1, 0.15) is 26.2 Å². The van der Waals surface area contributed by atoms with Crippen LogP contribution in [0.2, 0.25) is 0 Å². The number of piperazine rings is 1. The van der Waals surface area contributed by atoms with Crippen LogP contribution in [0.25, 0.3) is 0 Å². The summed E-state index contributed by atoms with van der Waals surface area (Å²) >= 11 is 0. The molecule has 2 aliphatic heterocycles. The lowest BCUT2D eigenvalue weighted by Crippen LogP contribution is -2.52. The Morgan fingerprint density at radius 3 is 2.73 bits per heavy atom. The van der Waals surface area contributed by atoms with Gasteiger partial charge < -0.3 is 15.1 Å². The first-order valence-corrected chi connectivity index (χ1v) is 6.09. The standard InChI is InChI=1S/C11H21N3O/c1-2-10-4-3-7-14(10)11(15)13-8-5-12-6-9-13/h10,12H,2-9H2,1H3/t10-/m0/s1. The van der Waals surface area contributed by atoms with Crippen LogP contribution in [-0.2, 0) is 0 Å². The summed E-state index contributed by atoms with van der Waals surface area (Å²) < 4.78 is 0. The molecule has 2 amide bonds. The molecular formula is C11H21N3O. The van der Waals surface area contributed by atoms with E-state index in [-0.39, 0.29) is 6.03 Å². The maximum Gasteiger partial charge on any atom is 0.320 e. The van der Waals surface area contributed by atoms with Crippen molar-refractivity contribution in [3.8, 4) is 0 Å². The highest BCUT2D eigenvalue weighted by Gasteiger charge is 2.30. The van der Waals surface area contributed by atoms with Gasteiger partial charge in [-0.1, -0.05) is 6.92 Å². The summed E-state index contributed by atoms with van der Waals surface area (Å²) in [6, 6.07) is 0.758. The lowest BCUT2D eigenvalue weighted by molar-refractivity contribution is 0.141. The minimum absolute atomic E-state index is 0.265. The molecule has 15 heavy (non-hydrogen) atoms. The molecule has 2 fully saturated rings. The highest BCUT2D eigenvalue weighted by atomic mass is 16.2. The lowest BCUT2D eigenvalue weighted by Gasteiger charge is -2.34. The number of amides is 2. The van der Waals surface area contributed by atoms with Gasteiger partial charge in [0, 0.05) is 38.8 Å². The van der Waals surface area contributed by atoms with E-state index in [2.05, 4.69) is 17.1 Å². The van der Waals surface area contributed by atoms with Gasteiger partial charge >= 0.3 is 6.03 Å². The summed E-state index contributed by atoms with van der Waals surface area (Å²) in [5, 5.41) is 3.27. The molecule has 86 valence electrons. The zero-order valence-electron chi connectivity index (χ0n) is 9.54. The number of urea groups is 1. The van der Waals surface area contributed by atoms with Crippen LogP contribution in [0.15, 0.2) is 0 Å². The Balaban J connectivity index is 1.93. The number of likely N-dealkylation sites (tertiary alicyclic amines) is 1. The third-order valence-electron chi connectivity index (χ3n) is 3.48. The quantitative estimate of drug-likeness (QED) is 0.699. The summed E-state index contributed by atoms with van der Waals surface area (Å²) in [6.07, 6.45) is 3.46. The van der Waals surface area contributed by atoms with Crippen molar-refractivity contribution >= 4 is 6.03 Å². The van der Waals surface area contributed by atoms with E-state index in [1.165, 1.54) is 12.8 Å². The van der Waals surface area contributed by atoms with E-state index in [1.54, 1.807) is 0 Å². The summed E-state index contributed by atoms with van der Waals surface area (Å²) in [5.41, 5.74) is 0. The third kappa shape index (κ3) is 2.25. The molecule has 0 aromatic carbocycles.